The first-order chi connectivity index (χ1) is 20.7. The van der Waals surface area contributed by atoms with Gasteiger partial charge in [0, 0.05) is 59.3 Å². The minimum atomic E-state index is -1.69. The Bertz CT molecular complexity index is 1590. The number of benzene rings is 1. The van der Waals surface area contributed by atoms with Gasteiger partial charge in [0.2, 0.25) is 0 Å². The van der Waals surface area contributed by atoms with Crippen molar-refractivity contribution in [2.75, 3.05) is 27.1 Å². The number of pyridine rings is 1. The van der Waals surface area contributed by atoms with Crippen molar-refractivity contribution in [1.29, 1.82) is 0 Å². The molecular weight excluding hydrogens is 578 g/mol. The van der Waals surface area contributed by atoms with Gasteiger partial charge in [0.05, 0.1) is 32.7 Å². The van der Waals surface area contributed by atoms with E-state index in [1.165, 1.54) is 5.12 Å². The molecule has 0 saturated heterocycles. The van der Waals surface area contributed by atoms with Crippen LogP contribution in [-0.2, 0) is 13.1 Å². The van der Waals surface area contributed by atoms with E-state index in [4.69, 9.17) is 19.3 Å². The SMILES string of the molecule is COc1ccc(CNC2CC3=NN(Cc4ncc(C)c(OC)c4C)N=C4C(N(C(=O)O)C(=O)O)=NSCC2=C34)c(OC)c1. The van der Waals surface area contributed by atoms with E-state index < -0.39 is 12.2 Å². The maximum atomic E-state index is 12.0. The zero-order valence-corrected chi connectivity index (χ0v) is 25.1. The van der Waals surface area contributed by atoms with E-state index in [0.717, 1.165) is 34.2 Å². The van der Waals surface area contributed by atoms with Gasteiger partial charge in [-0.05, 0) is 37.4 Å². The van der Waals surface area contributed by atoms with E-state index >= 15 is 0 Å². The first kappa shape index (κ1) is 29.8. The van der Waals surface area contributed by atoms with Crippen LogP contribution in [0.15, 0.2) is 50.1 Å². The number of ether oxygens (including phenoxy) is 3. The van der Waals surface area contributed by atoms with Crippen LogP contribution in [0.4, 0.5) is 9.59 Å². The number of nitrogens with zero attached hydrogens (tertiary/aromatic N) is 6. The van der Waals surface area contributed by atoms with E-state index in [1.807, 2.05) is 32.0 Å². The quantitative estimate of drug-likeness (QED) is 0.372. The molecule has 2 aromatic rings. The minimum absolute atomic E-state index is 0.123. The summed E-state index contributed by atoms with van der Waals surface area (Å²) in [5.41, 5.74) is 5.51. The van der Waals surface area contributed by atoms with Gasteiger partial charge >= 0.3 is 12.2 Å². The third-order valence-electron chi connectivity index (χ3n) is 7.37. The summed E-state index contributed by atoms with van der Waals surface area (Å²) in [6.45, 7) is 4.38. The van der Waals surface area contributed by atoms with Crippen LogP contribution in [0, 0.1) is 13.8 Å². The second-order valence-corrected chi connectivity index (χ2v) is 10.6. The number of amidine groups is 1. The minimum Gasteiger partial charge on any atom is -0.497 e. The molecule has 2 amide bonds. The van der Waals surface area contributed by atoms with Gasteiger partial charge in [0.1, 0.15) is 29.5 Å². The van der Waals surface area contributed by atoms with Crippen LogP contribution < -0.4 is 19.5 Å². The first-order valence-electron chi connectivity index (χ1n) is 13.2. The summed E-state index contributed by atoms with van der Waals surface area (Å²) in [6.07, 6.45) is -1.21. The van der Waals surface area contributed by atoms with Crippen LogP contribution in [0.25, 0.3) is 0 Å². The molecule has 15 heteroatoms. The second kappa shape index (κ2) is 12.3. The Balaban J connectivity index is 1.52. The number of imide groups is 1. The fourth-order valence-electron chi connectivity index (χ4n) is 5.29. The highest BCUT2D eigenvalue weighted by atomic mass is 32.2. The number of aromatic nitrogens is 1. The van der Waals surface area contributed by atoms with Gasteiger partial charge in [0.15, 0.2) is 5.84 Å². The number of aryl methyl sites for hydroxylation is 1. The van der Waals surface area contributed by atoms with Crippen molar-refractivity contribution in [2.24, 2.45) is 14.6 Å². The molecule has 0 bridgehead atoms. The Kier molecular flexibility index (Phi) is 8.54. The Labute approximate surface area is 251 Å². The average Bonchev–Trinajstić information content (AvgIpc) is 3.22. The predicted molar refractivity (Wildman–Crippen MR) is 160 cm³/mol. The molecule has 226 valence electrons. The smallest absolute Gasteiger partial charge is 0.422 e. The van der Waals surface area contributed by atoms with Crippen molar-refractivity contribution < 1.29 is 34.0 Å². The molecule has 0 radical (unpaired) electrons. The molecule has 0 saturated carbocycles. The summed E-state index contributed by atoms with van der Waals surface area (Å²) in [5.74, 6) is 2.13. The Morgan fingerprint density at radius 3 is 2.56 bits per heavy atom. The average molecular weight is 610 g/mol. The molecule has 5 rings (SSSR count). The van der Waals surface area contributed by atoms with Crippen LogP contribution in [0.2, 0.25) is 0 Å². The fraction of sp³-hybridized carbons (Fsp3) is 0.357. The lowest BCUT2D eigenvalue weighted by Gasteiger charge is -2.25. The summed E-state index contributed by atoms with van der Waals surface area (Å²) >= 11 is 1.06. The normalized spacial score (nSPS) is 17.4. The molecule has 14 nitrogen and oxygen atoms in total. The molecule has 3 heterocycles. The maximum Gasteiger partial charge on any atom is 0.422 e. The van der Waals surface area contributed by atoms with Gasteiger partial charge in [0.25, 0.3) is 0 Å². The number of methoxy groups -OCH3 is 3. The molecule has 43 heavy (non-hydrogen) atoms. The van der Waals surface area contributed by atoms with E-state index in [-0.39, 0.29) is 29.0 Å². The molecule has 1 unspecified atom stereocenters. The molecule has 3 N–H and O–H groups in total. The van der Waals surface area contributed by atoms with Crippen molar-refractivity contribution in [3.05, 3.63) is 57.9 Å². The van der Waals surface area contributed by atoms with E-state index in [9.17, 15) is 19.8 Å². The zero-order valence-electron chi connectivity index (χ0n) is 24.2. The van der Waals surface area contributed by atoms with Gasteiger partial charge in [-0.25, -0.2) is 9.59 Å². The Morgan fingerprint density at radius 1 is 1.12 bits per heavy atom. The zero-order chi connectivity index (χ0) is 30.8. The number of amides is 2. The second-order valence-electron chi connectivity index (χ2n) is 9.88. The van der Waals surface area contributed by atoms with Crippen molar-refractivity contribution in [2.45, 2.75) is 39.4 Å². The molecule has 2 aliphatic heterocycles. The topological polar surface area (TPSA) is 171 Å². The summed E-state index contributed by atoms with van der Waals surface area (Å²) in [6, 6.07) is 5.38. The lowest BCUT2D eigenvalue weighted by Crippen LogP contribution is -2.46. The summed E-state index contributed by atoms with van der Waals surface area (Å²) < 4.78 is 20.7. The van der Waals surface area contributed by atoms with Gasteiger partial charge in [-0.15, -0.1) is 0 Å². The van der Waals surface area contributed by atoms with Crippen LogP contribution in [0.5, 0.6) is 17.2 Å². The molecule has 1 aromatic carbocycles. The number of carbonyl (C=O) groups is 2. The predicted octanol–water partition coefficient (Wildman–Crippen LogP) is 3.83. The van der Waals surface area contributed by atoms with Crippen molar-refractivity contribution in [1.82, 2.24) is 20.3 Å². The number of carboxylic acid groups (broad SMARTS) is 2. The summed E-state index contributed by atoms with van der Waals surface area (Å²) in [7, 11) is 4.77. The van der Waals surface area contributed by atoms with Crippen molar-refractivity contribution >= 4 is 41.4 Å². The number of rotatable bonds is 8. The molecule has 0 spiro atoms. The molecule has 1 aromatic heterocycles. The number of nitrogens with one attached hydrogen (secondary N) is 1. The van der Waals surface area contributed by atoms with Crippen molar-refractivity contribution in [3.8, 4) is 17.2 Å². The van der Waals surface area contributed by atoms with Crippen molar-refractivity contribution in [3.63, 3.8) is 0 Å². The number of hydrazone groups is 2. The maximum absolute atomic E-state index is 12.0. The van der Waals surface area contributed by atoms with Crippen LogP contribution in [-0.4, -0.2) is 87.8 Å². The Morgan fingerprint density at radius 2 is 1.88 bits per heavy atom. The third-order valence-corrected chi connectivity index (χ3v) is 8.11. The van der Waals surface area contributed by atoms with Crippen LogP contribution >= 0.6 is 11.9 Å². The van der Waals surface area contributed by atoms with E-state index in [0.29, 0.717) is 52.9 Å². The standard InChI is InChI=1S/C28H31N7O7S/c1-14-10-29-21(15(2)25(14)42-5)12-34-31-20-9-19(30-11-16-6-7-17(40-3)8-22(16)41-4)18-13-43-33-26(24(32-34)23(18)20)35(27(36)37)28(38)39/h6-8,10,19,30H,9,11-13H2,1-5H3,(H,36,37)(H,38,39). The first-order valence-corrected chi connectivity index (χ1v) is 14.2. The molecular formula is C28H31N7O7S. The number of hydrogen-bond donors (Lipinski definition) is 3. The highest BCUT2D eigenvalue weighted by Gasteiger charge is 2.43. The van der Waals surface area contributed by atoms with E-state index in [2.05, 4.69) is 19.8 Å². The van der Waals surface area contributed by atoms with Gasteiger partial charge in [-0.2, -0.15) is 24.6 Å². The van der Waals surface area contributed by atoms with Crippen LogP contribution in [0.1, 0.15) is 28.8 Å². The molecule has 0 fully saturated rings. The van der Waals surface area contributed by atoms with Gasteiger partial charge < -0.3 is 29.7 Å². The summed E-state index contributed by atoms with van der Waals surface area (Å²) in [4.78, 5) is 28.8. The van der Waals surface area contributed by atoms with Gasteiger partial charge in [-0.1, -0.05) is 6.07 Å². The molecule has 1 aliphatic carbocycles. The van der Waals surface area contributed by atoms with Gasteiger partial charge in [-0.3, -0.25) is 4.98 Å². The molecule has 3 aliphatic rings. The van der Waals surface area contributed by atoms with E-state index in [1.54, 1.807) is 27.5 Å². The number of hydrogen-bond acceptors (Lipinski definition) is 12. The lowest BCUT2D eigenvalue weighted by atomic mass is 10.0. The summed E-state index contributed by atoms with van der Waals surface area (Å²) in [5, 5.41) is 33.9. The Hall–Kier alpha value is -4.63. The highest BCUT2D eigenvalue weighted by Crippen LogP contribution is 2.36. The largest absolute Gasteiger partial charge is 0.497 e. The fourth-order valence-corrected chi connectivity index (χ4v) is 6.13. The van der Waals surface area contributed by atoms with Crippen LogP contribution in [0.3, 0.4) is 0 Å². The lowest BCUT2D eigenvalue weighted by molar-refractivity contribution is 0.145. The third kappa shape index (κ3) is 5.72. The molecule has 1 atom stereocenters. The highest BCUT2D eigenvalue weighted by molar-refractivity contribution is 7.98. The monoisotopic (exact) mass is 609 g/mol.